The molecule has 1 N–H and O–H groups in total. The molecule has 0 bridgehead atoms. The van der Waals surface area contributed by atoms with E-state index < -0.39 is 0 Å². The van der Waals surface area contributed by atoms with Crippen LogP contribution in [0.2, 0.25) is 0 Å². The average Bonchev–Trinajstić information content (AvgIpc) is 2.85. The maximum absolute atomic E-state index is 13.8. The standard InChI is InChI=1S/C29H38N4O2/c1-5-6-18-32(29(35)30-23-12-8-7-9-13-23)22(4)27-31-25-15-11-10-14-24(25)28(34)33(27)26-17-16-20(2)19-21(26)3/h10-11,14-17,19,22-23H,5-9,12-13,18H2,1-4H3,(H,30,35). The summed E-state index contributed by atoms with van der Waals surface area (Å²) in [4.78, 5) is 34.2. The number of para-hydroxylation sites is 1. The number of fused-ring (bicyclic) bond motifs is 1. The van der Waals surface area contributed by atoms with Gasteiger partial charge in [0.05, 0.1) is 22.6 Å². The number of aromatic nitrogens is 2. The van der Waals surface area contributed by atoms with E-state index >= 15 is 0 Å². The molecule has 1 atom stereocenters. The van der Waals surface area contributed by atoms with Crippen molar-refractivity contribution in [1.29, 1.82) is 0 Å². The number of hydrogen-bond acceptors (Lipinski definition) is 3. The molecule has 1 aromatic heterocycles. The van der Waals surface area contributed by atoms with Gasteiger partial charge in [-0.2, -0.15) is 0 Å². The van der Waals surface area contributed by atoms with E-state index in [2.05, 4.69) is 18.3 Å². The van der Waals surface area contributed by atoms with E-state index in [1.807, 2.05) is 62.1 Å². The van der Waals surface area contributed by atoms with Crippen molar-refractivity contribution in [1.82, 2.24) is 19.8 Å². The normalized spacial score (nSPS) is 15.2. The summed E-state index contributed by atoms with van der Waals surface area (Å²) in [6.45, 7) is 8.80. The van der Waals surface area contributed by atoms with Crippen molar-refractivity contribution in [3.05, 3.63) is 69.8 Å². The largest absolute Gasteiger partial charge is 0.335 e. The van der Waals surface area contributed by atoms with Crippen LogP contribution in [0.25, 0.3) is 16.6 Å². The smallest absolute Gasteiger partial charge is 0.318 e. The van der Waals surface area contributed by atoms with Crippen LogP contribution in [0.5, 0.6) is 0 Å². The Bertz CT molecular complexity index is 1240. The third-order valence-corrected chi connectivity index (χ3v) is 7.18. The minimum Gasteiger partial charge on any atom is -0.335 e. The van der Waals surface area contributed by atoms with Gasteiger partial charge in [0.15, 0.2) is 0 Å². The molecule has 3 aromatic rings. The molecule has 0 spiro atoms. The lowest BCUT2D eigenvalue weighted by Gasteiger charge is -2.33. The van der Waals surface area contributed by atoms with Gasteiger partial charge in [0, 0.05) is 12.6 Å². The summed E-state index contributed by atoms with van der Waals surface area (Å²) in [7, 11) is 0. The lowest BCUT2D eigenvalue weighted by Crippen LogP contribution is -2.47. The molecule has 0 aliphatic heterocycles. The molecule has 6 nitrogen and oxygen atoms in total. The first-order chi connectivity index (χ1) is 16.9. The highest BCUT2D eigenvalue weighted by Crippen LogP contribution is 2.26. The predicted molar refractivity (Wildman–Crippen MR) is 142 cm³/mol. The Labute approximate surface area is 208 Å². The summed E-state index contributed by atoms with van der Waals surface area (Å²) in [6.07, 6.45) is 7.50. The molecule has 4 rings (SSSR count). The Morgan fingerprint density at radius 3 is 2.60 bits per heavy atom. The third kappa shape index (κ3) is 5.42. The predicted octanol–water partition coefficient (Wildman–Crippen LogP) is 6.21. The molecule has 1 unspecified atom stereocenters. The van der Waals surface area contributed by atoms with E-state index in [0.717, 1.165) is 55.3 Å². The molecule has 0 saturated heterocycles. The second-order valence-corrected chi connectivity index (χ2v) is 9.93. The summed E-state index contributed by atoms with van der Waals surface area (Å²) in [6, 6.07) is 13.3. The lowest BCUT2D eigenvalue weighted by atomic mass is 9.96. The van der Waals surface area contributed by atoms with Crippen molar-refractivity contribution in [2.24, 2.45) is 0 Å². The number of benzene rings is 2. The molecule has 35 heavy (non-hydrogen) atoms. The van der Waals surface area contributed by atoms with Crippen molar-refractivity contribution in [2.75, 3.05) is 6.54 Å². The molecule has 0 radical (unpaired) electrons. The number of carbonyl (C=O) groups excluding carboxylic acids is 1. The zero-order valence-corrected chi connectivity index (χ0v) is 21.5. The maximum Gasteiger partial charge on any atom is 0.318 e. The number of nitrogens with zero attached hydrogens (tertiary/aromatic N) is 3. The topological polar surface area (TPSA) is 67.2 Å². The molecule has 186 valence electrons. The fraction of sp³-hybridized carbons (Fsp3) is 0.483. The van der Waals surface area contributed by atoms with Crippen LogP contribution in [-0.2, 0) is 0 Å². The molecule has 2 amide bonds. The number of hydrogen-bond donors (Lipinski definition) is 1. The number of rotatable bonds is 7. The summed E-state index contributed by atoms with van der Waals surface area (Å²) < 4.78 is 1.72. The number of amides is 2. The van der Waals surface area contributed by atoms with Crippen LogP contribution < -0.4 is 10.9 Å². The second kappa shape index (κ2) is 11.1. The van der Waals surface area contributed by atoms with Gasteiger partial charge in [-0.3, -0.25) is 9.36 Å². The first-order valence-electron chi connectivity index (χ1n) is 13.1. The third-order valence-electron chi connectivity index (χ3n) is 7.18. The van der Waals surface area contributed by atoms with E-state index in [4.69, 9.17) is 4.98 Å². The Balaban J connectivity index is 1.81. The Kier molecular flexibility index (Phi) is 7.89. The highest BCUT2D eigenvalue weighted by Gasteiger charge is 2.28. The molecule has 1 aliphatic carbocycles. The summed E-state index contributed by atoms with van der Waals surface area (Å²) in [5.74, 6) is 0.593. The molecule has 1 fully saturated rings. The minimum atomic E-state index is -0.372. The van der Waals surface area contributed by atoms with Crippen molar-refractivity contribution < 1.29 is 4.79 Å². The monoisotopic (exact) mass is 474 g/mol. The highest BCUT2D eigenvalue weighted by atomic mass is 16.2. The zero-order chi connectivity index (χ0) is 24.9. The number of unbranched alkanes of at least 4 members (excludes halogenated alkanes) is 1. The molecule has 2 aromatic carbocycles. The summed E-state index contributed by atoms with van der Waals surface area (Å²) >= 11 is 0. The van der Waals surface area contributed by atoms with E-state index in [1.54, 1.807) is 4.57 Å². The van der Waals surface area contributed by atoms with Gasteiger partial charge in [-0.15, -0.1) is 0 Å². The number of urea groups is 1. The van der Waals surface area contributed by atoms with Gasteiger partial charge >= 0.3 is 6.03 Å². The molecule has 1 aliphatic rings. The van der Waals surface area contributed by atoms with Crippen molar-refractivity contribution in [2.45, 2.75) is 84.7 Å². The quantitative estimate of drug-likeness (QED) is 0.443. The Morgan fingerprint density at radius 1 is 1.14 bits per heavy atom. The van der Waals surface area contributed by atoms with Gasteiger partial charge in [0.1, 0.15) is 5.82 Å². The fourth-order valence-corrected chi connectivity index (χ4v) is 5.16. The van der Waals surface area contributed by atoms with Crippen molar-refractivity contribution in [3.8, 4) is 5.69 Å². The fourth-order valence-electron chi connectivity index (χ4n) is 5.16. The number of aryl methyl sites for hydroxylation is 2. The Hall–Kier alpha value is -3.15. The van der Waals surface area contributed by atoms with E-state index in [0.29, 0.717) is 23.3 Å². The van der Waals surface area contributed by atoms with Crippen LogP contribution in [0.15, 0.2) is 47.3 Å². The van der Waals surface area contributed by atoms with E-state index in [-0.39, 0.29) is 23.7 Å². The molecule has 1 heterocycles. The molecular weight excluding hydrogens is 436 g/mol. The van der Waals surface area contributed by atoms with Gasteiger partial charge in [0.25, 0.3) is 5.56 Å². The highest BCUT2D eigenvalue weighted by molar-refractivity contribution is 5.78. The van der Waals surface area contributed by atoms with Crippen LogP contribution >= 0.6 is 0 Å². The molecule has 1 saturated carbocycles. The minimum absolute atomic E-state index is 0.0626. The Morgan fingerprint density at radius 2 is 1.89 bits per heavy atom. The van der Waals surface area contributed by atoms with Gasteiger partial charge in [-0.1, -0.05) is 62.4 Å². The van der Waals surface area contributed by atoms with E-state index in [1.165, 1.54) is 6.42 Å². The average molecular weight is 475 g/mol. The van der Waals surface area contributed by atoms with Crippen LogP contribution in [-0.4, -0.2) is 33.1 Å². The number of carbonyl (C=O) groups is 1. The second-order valence-electron chi connectivity index (χ2n) is 9.93. The lowest BCUT2D eigenvalue weighted by molar-refractivity contribution is 0.167. The molecular formula is C29H38N4O2. The first kappa shape index (κ1) is 25.0. The van der Waals surface area contributed by atoms with Crippen LogP contribution in [0.3, 0.4) is 0 Å². The summed E-state index contributed by atoms with van der Waals surface area (Å²) in [5, 5.41) is 3.86. The van der Waals surface area contributed by atoms with Gasteiger partial charge in [0.2, 0.25) is 0 Å². The van der Waals surface area contributed by atoms with Crippen LogP contribution in [0.1, 0.15) is 81.8 Å². The SMILES string of the molecule is CCCCN(C(=O)NC1CCCCC1)C(C)c1nc2ccccc2c(=O)n1-c1ccc(C)cc1C. The first-order valence-corrected chi connectivity index (χ1v) is 13.1. The van der Waals surface area contributed by atoms with E-state index in [9.17, 15) is 9.59 Å². The van der Waals surface area contributed by atoms with Crippen LogP contribution in [0.4, 0.5) is 4.79 Å². The molecule has 6 heteroatoms. The van der Waals surface area contributed by atoms with Gasteiger partial charge < -0.3 is 10.2 Å². The van der Waals surface area contributed by atoms with Crippen molar-refractivity contribution in [3.63, 3.8) is 0 Å². The number of nitrogens with one attached hydrogen (secondary N) is 1. The van der Waals surface area contributed by atoms with Crippen molar-refractivity contribution >= 4 is 16.9 Å². The van der Waals surface area contributed by atoms with Gasteiger partial charge in [-0.05, 0) is 63.8 Å². The summed E-state index contributed by atoms with van der Waals surface area (Å²) in [5.41, 5.74) is 3.50. The van der Waals surface area contributed by atoms with Gasteiger partial charge in [-0.25, -0.2) is 9.78 Å². The maximum atomic E-state index is 13.8. The van der Waals surface area contributed by atoms with Crippen LogP contribution in [0, 0.1) is 13.8 Å². The zero-order valence-electron chi connectivity index (χ0n) is 21.5.